The molecule has 9 heteroatoms. The van der Waals surface area contributed by atoms with Gasteiger partial charge in [-0.1, -0.05) is 0 Å². The molecule has 1 saturated heterocycles. The average molecular weight is 367 g/mol. The van der Waals surface area contributed by atoms with Crippen LogP contribution in [0.5, 0.6) is 5.75 Å². The Morgan fingerprint density at radius 1 is 1.22 bits per heavy atom. The van der Waals surface area contributed by atoms with Crippen LogP contribution < -0.4 is 4.74 Å². The standard InChI is InChI=1S/C18H21N7O2/c1-12-16(11-19-20-12)18(26)24-9-7-14(8-10-24)25-22-17(21-23-25)13-3-5-15(27-2)6-4-13/h3-6,11,14H,7-10H2,1-2H3,(H,19,20). The van der Waals surface area contributed by atoms with Gasteiger partial charge >= 0.3 is 0 Å². The van der Waals surface area contributed by atoms with Crippen LogP contribution in [0.25, 0.3) is 11.4 Å². The van der Waals surface area contributed by atoms with E-state index in [2.05, 4.69) is 25.6 Å². The zero-order chi connectivity index (χ0) is 18.8. The SMILES string of the molecule is COc1ccc(-c2nnn(C3CCN(C(=O)c4cn[nH]c4C)CC3)n2)cc1. The molecule has 0 aliphatic carbocycles. The van der Waals surface area contributed by atoms with Crippen molar-refractivity contribution in [3.63, 3.8) is 0 Å². The van der Waals surface area contributed by atoms with Crippen molar-refractivity contribution in [1.29, 1.82) is 0 Å². The molecule has 27 heavy (non-hydrogen) atoms. The molecule has 9 nitrogen and oxygen atoms in total. The van der Waals surface area contributed by atoms with E-state index in [9.17, 15) is 4.79 Å². The lowest BCUT2D eigenvalue weighted by atomic mass is 10.0. The average Bonchev–Trinajstić information content (AvgIpc) is 3.37. The zero-order valence-electron chi connectivity index (χ0n) is 15.3. The predicted molar refractivity (Wildman–Crippen MR) is 97.3 cm³/mol. The van der Waals surface area contributed by atoms with Crippen LogP contribution in [0.2, 0.25) is 0 Å². The van der Waals surface area contributed by atoms with E-state index >= 15 is 0 Å². The van der Waals surface area contributed by atoms with Crippen LogP contribution in [0.3, 0.4) is 0 Å². The minimum atomic E-state index is 0.0187. The number of nitrogens with zero attached hydrogens (tertiary/aromatic N) is 6. The number of benzene rings is 1. The third-order valence-electron chi connectivity index (χ3n) is 4.92. The minimum Gasteiger partial charge on any atom is -0.497 e. The Labute approximate surface area is 156 Å². The number of aromatic amines is 1. The van der Waals surface area contributed by atoms with Gasteiger partial charge in [0.2, 0.25) is 5.82 Å². The Balaban J connectivity index is 1.40. The molecule has 1 aromatic carbocycles. The number of carbonyl (C=O) groups excluding carboxylic acids is 1. The molecule has 0 atom stereocenters. The van der Waals surface area contributed by atoms with Crippen molar-refractivity contribution in [2.45, 2.75) is 25.8 Å². The molecule has 1 amide bonds. The lowest BCUT2D eigenvalue weighted by Gasteiger charge is -2.31. The second-order valence-electron chi connectivity index (χ2n) is 6.59. The molecule has 140 valence electrons. The summed E-state index contributed by atoms with van der Waals surface area (Å²) in [7, 11) is 1.63. The van der Waals surface area contributed by atoms with E-state index in [1.807, 2.05) is 36.1 Å². The fourth-order valence-corrected chi connectivity index (χ4v) is 3.27. The molecule has 0 radical (unpaired) electrons. The van der Waals surface area contributed by atoms with Crippen LogP contribution in [0, 0.1) is 6.92 Å². The number of aromatic nitrogens is 6. The number of H-pyrrole nitrogens is 1. The van der Waals surface area contributed by atoms with E-state index in [0.717, 1.165) is 29.8 Å². The molecule has 0 saturated carbocycles. The van der Waals surface area contributed by atoms with Crippen molar-refractivity contribution in [1.82, 2.24) is 35.3 Å². The van der Waals surface area contributed by atoms with Crippen molar-refractivity contribution in [3.05, 3.63) is 41.7 Å². The highest BCUT2D eigenvalue weighted by Crippen LogP contribution is 2.24. The van der Waals surface area contributed by atoms with Crippen molar-refractivity contribution in [2.24, 2.45) is 0 Å². The van der Waals surface area contributed by atoms with Gasteiger partial charge in [0.05, 0.1) is 24.9 Å². The van der Waals surface area contributed by atoms with Gasteiger partial charge < -0.3 is 9.64 Å². The first kappa shape index (κ1) is 17.2. The highest BCUT2D eigenvalue weighted by Gasteiger charge is 2.27. The highest BCUT2D eigenvalue weighted by molar-refractivity contribution is 5.95. The van der Waals surface area contributed by atoms with Crippen LogP contribution in [-0.2, 0) is 0 Å². The Morgan fingerprint density at radius 3 is 2.59 bits per heavy atom. The van der Waals surface area contributed by atoms with Crippen LogP contribution in [0.15, 0.2) is 30.5 Å². The van der Waals surface area contributed by atoms with E-state index in [1.165, 1.54) is 0 Å². The summed E-state index contributed by atoms with van der Waals surface area (Å²) in [5.41, 5.74) is 2.32. The van der Waals surface area contributed by atoms with E-state index in [0.29, 0.717) is 24.5 Å². The summed E-state index contributed by atoms with van der Waals surface area (Å²) >= 11 is 0. The van der Waals surface area contributed by atoms with Gasteiger partial charge in [0.15, 0.2) is 0 Å². The summed E-state index contributed by atoms with van der Waals surface area (Å²) in [6.45, 7) is 3.17. The summed E-state index contributed by atoms with van der Waals surface area (Å²) < 4.78 is 5.17. The molecular formula is C18H21N7O2. The molecule has 2 aromatic heterocycles. The van der Waals surface area contributed by atoms with Crippen molar-refractivity contribution < 1.29 is 9.53 Å². The van der Waals surface area contributed by atoms with Crippen LogP contribution >= 0.6 is 0 Å². The van der Waals surface area contributed by atoms with Crippen LogP contribution in [0.1, 0.15) is 34.9 Å². The van der Waals surface area contributed by atoms with E-state index in [-0.39, 0.29) is 11.9 Å². The first-order chi connectivity index (χ1) is 13.2. The number of tetrazole rings is 1. The summed E-state index contributed by atoms with van der Waals surface area (Å²) in [5, 5.41) is 19.7. The van der Waals surface area contributed by atoms with Gasteiger partial charge in [0.25, 0.3) is 5.91 Å². The first-order valence-corrected chi connectivity index (χ1v) is 8.89. The maximum Gasteiger partial charge on any atom is 0.257 e. The molecule has 0 spiro atoms. The summed E-state index contributed by atoms with van der Waals surface area (Å²) in [6.07, 6.45) is 3.17. The lowest BCUT2D eigenvalue weighted by Crippen LogP contribution is -2.39. The fraction of sp³-hybridized carbons (Fsp3) is 0.389. The lowest BCUT2D eigenvalue weighted by molar-refractivity contribution is 0.0682. The molecule has 1 aliphatic heterocycles. The number of hydrogen-bond donors (Lipinski definition) is 1. The molecule has 3 aromatic rings. The quantitative estimate of drug-likeness (QED) is 0.755. The Bertz CT molecular complexity index is 923. The van der Waals surface area contributed by atoms with Crippen molar-refractivity contribution in [3.8, 4) is 17.1 Å². The van der Waals surface area contributed by atoms with Crippen LogP contribution in [0.4, 0.5) is 0 Å². The van der Waals surface area contributed by atoms with Gasteiger partial charge in [-0.25, -0.2) is 0 Å². The van der Waals surface area contributed by atoms with Gasteiger partial charge in [-0.3, -0.25) is 9.89 Å². The topological polar surface area (TPSA) is 102 Å². The van der Waals surface area contributed by atoms with Gasteiger partial charge in [-0.15, -0.1) is 10.2 Å². The largest absolute Gasteiger partial charge is 0.497 e. The molecule has 1 N–H and O–H groups in total. The Hall–Kier alpha value is -3.23. The predicted octanol–water partition coefficient (Wildman–Crippen LogP) is 1.86. The van der Waals surface area contributed by atoms with Crippen molar-refractivity contribution in [2.75, 3.05) is 20.2 Å². The second-order valence-corrected chi connectivity index (χ2v) is 6.59. The Kier molecular flexibility index (Phi) is 4.57. The number of likely N-dealkylation sites (tertiary alicyclic amines) is 1. The number of ether oxygens (including phenoxy) is 1. The van der Waals surface area contributed by atoms with E-state index in [4.69, 9.17) is 4.74 Å². The molecular weight excluding hydrogens is 346 g/mol. The summed E-state index contributed by atoms with van der Waals surface area (Å²) in [4.78, 5) is 16.1. The molecule has 3 heterocycles. The van der Waals surface area contributed by atoms with Gasteiger partial charge in [0.1, 0.15) is 5.75 Å². The van der Waals surface area contributed by atoms with Gasteiger partial charge in [-0.05, 0) is 49.2 Å². The molecule has 0 bridgehead atoms. The number of nitrogens with one attached hydrogen (secondary N) is 1. The van der Waals surface area contributed by atoms with Crippen LogP contribution in [-0.4, -0.2) is 61.4 Å². The van der Waals surface area contributed by atoms with E-state index in [1.54, 1.807) is 18.1 Å². The third kappa shape index (κ3) is 3.40. The maximum absolute atomic E-state index is 12.6. The molecule has 1 aliphatic rings. The number of methoxy groups -OCH3 is 1. The third-order valence-corrected chi connectivity index (χ3v) is 4.92. The second kappa shape index (κ2) is 7.18. The van der Waals surface area contributed by atoms with E-state index < -0.39 is 0 Å². The number of carbonyl (C=O) groups is 1. The number of amides is 1. The highest BCUT2D eigenvalue weighted by atomic mass is 16.5. The smallest absolute Gasteiger partial charge is 0.257 e. The minimum absolute atomic E-state index is 0.0187. The first-order valence-electron chi connectivity index (χ1n) is 8.89. The normalized spacial score (nSPS) is 15.1. The number of aryl methyl sites for hydroxylation is 1. The number of hydrogen-bond acceptors (Lipinski definition) is 6. The fourth-order valence-electron chi connectivity index (χ4n) is 3.27. The van der Waals surface area contributed by atoms with Crippen molar-refractivity contribution >= 4 is 5.91 Å². The molecule has 0 unspecified atom stereocenters. The summed E-state index contributed by atoms with van der Waals surface area (Å²) in [5.74, 6) is 1.39. The monoisotopic (exact) mass is 367 g/mol. The maximum atomic E-state index is 12.6. The molecule has 4 rings (SSSR count). The Morgan fingerprint density at radius 2 is 1.96 bits per heavy atom. The number of piperidine rings is 1. The molecule has 1 fully saturated rings. The summed E-state index contributed by atoms with van der Waals surface area (Å²) in [6, 6.07) is 7.71. The van der Waals surface area contributed by atoms with Gasteiger partial charge in [0, 0.05) is 24.3 Å². The van der Waals surface area contributed by atoms with Gasteiger partial charge in [-0.2, -0.15) is 9.90 Å². The number of rotatable bonds is 4. The zero-order valence-corrected chi connectivity index (χ0v) is 15.3.